The summed E-state index contributed by atoms with van der Waals surface area (Å²) < 4.78 is 1.83. The molecule has 25 heavy (non-hydrogen) atoms. The summed E-state index contributed by atoms with van der Waals surface area (Å²) in [6.07, 6.45) is 5.94. The Hall–Kier alpha value is -3.03. The molecule has 1 amide bonds. The number of piperidine rings is 1. The number of likely N-dealkylation sites (tertiary alicyclic amines) is 1. The Labute approximate surface area is 144 Å². The molecular formula is C17H19N7O. The zero-order valence-electron chi connectivity index (χ0n) is 14.0. The van der Waals surface area contributed by atoms with E-state index in [-0.39, 0.29) is 5.91 Å². The van der Waals surface area contributed by atoms with Gasteiger partial charge < -0.3 is 4.90 Å². The van der Waals surface area contributed by atoms with E-state index in [1.54, 1.807) is 0 Å². The van der Waals surface area contributed by atoms with E-state index in [2.05, 4.69) is 31.9 Å². The summed E-state index contributed by atoms with van der Waals surface area (Å²) in [5.41, 5.74) is 2.78. The minimum atomic E-state index is 0.0734. The second kappa shape index (κ2) is 6.46. The van der Waals surface area contributed by atoms with E-state index in [0.717, 1.165) is 31.5 Å². The molecule has 0 unspecified atom stereocenters. The molecule has 0 bridgehead atoms. The first-order valence-corrected chi connectivity index (χ1v) is 8.32. The molecule has 4 rings (SSSR count). The van der Waals surface area contributed by atoms with Gasteiger partial charge in [0.1, 0.15) is 0 Å². The van der Waals surface area contributed by atoms with Crippen LogP contribution in [0, 0.1) is 0 Å². The Kier molecular flexibility index (Phi) is 4.01. The summed E-state index contributed by atoms with van der Waals surface area (Å²) in [6.45, 7) is 1.54. The van der Waals surface area contributed by atoms with Crippen molar-refractivity contribution >= 4 is 5.91 Å². The van der Waals surface area contributed by atoms with E-state index in [0.29, 0.717) is 17.3 Å². The molecule has 3 aromatic rings. The van der Waals surface area contributed by atoms with Crippen molar-refractivity contribution in [2.75, 3.05) is 13.1 Å². The Bertz CT molecular complexity index is 846. The predicted molar refractivity (Wildman–Crippen MR) is 90.7 cm³/mol. The van der Waals surface area contributed by atoms with Gasteiger partial charge in [-0.15, -0.1) is 10.2 Å². The van der Waals surface area contributed by atoms with Gasteiger partial charge in [0, 0.05) is 37.5 Å². The maximum atomic E-state index is 12.7. The molecular weight excluding hydrogens is 318 g/mol. The molecule has 3 heterocycles. The minimum absolute atomic E-state index is 0.0734. The van der Waals surface area contributed by atoms with Crippen LogP contribution >= 0.6 is 0 Å². The number of rotatable bonds is 3. The van der Waals surface area contributed by atoms with Gasteiger partial charge in [0.25, 0.3) is 5.91 Å². The third-order valence-corrected chi connectivity index (χ3v) is 4.71. The van der Waals surface area contributed by atoms with E-state index in [1.165, 1.54) is 5.56 Å². The van der Waals surface area contributed by atoms with Crippen LogP contribution in [0.2, 0.25) is 0 Å². The molecule has 1 aliphatic heterocycles. The van der Waals surface area contributed by atoms with Crippen LogP contribution in [0.1, 0.15) is 34.7 Å². The number of hydrogen-bond donors (Lipinski definition) is 1. The Morgan fingerprint density at radius 3 is 2.56 bits per heavy atom. The van der Waals surface area contributed by atoms with Crippen molar-refractivity contribution in [1.29, 1.82) is 0 Å². The van der Waals surface area contributed by atoms with Gasteiger partial charge in [0.15, 0.2) is 0 Å². The standard InChI is InChI=1S/C17H19N7O/c1-23-11-15(10-18-23)12-6-8-24(9-7-12)17(25)14-4-2-13(3-5-14)16-19-21-22-20-16/h2-5,10-12H,6-9H2,1H3,(H,19,20,21,22). The number of aryl methyl sites for hydroxylation is 1. The fourth-order valence-electron chi connectivity index (χ4n) is 3.30. The smallest absolute Gasteiger partial charge is 0.253 e. The number of amides is 1. The van der Waals surface area contributed by atoms with Crippen LogP contribution in [0.25, 0.3) is 11.4 Å². The molecule has 8 heteroatoms. The molecule has 8 nitrogen and oxygen atoms in total. The number of aromatic amines is 1. The number of benzene rings is 1. The number of H-pyrrole nitrogens is 1. The van der Waals surface area contributed by atoms with Crippen molar-refractivity contribution < 1.29 is 4.79 Å². The van der Waals surface area contributed by atoms with Gasteiger partial charge in [-0.1, -0.05) is 12.1 Å². The fourth-order valence-corrected chi connectivity index (χ4v) is 3.30. The van der Waals surface area contributed by atoms with Crippen molar-refractivity contribution in [3.05, 3.63) is 47.8 Å². The van der Waals surface area contributed by atoms with E-state index >= 15 is 0 Å². The maximum absolute atomic E-state index is 12.7. The maximum Gasteiger partial charge on any atom is 0.253 e. The Morgan fingerprint density at radius 2 is 1.96 bits per heavy atom. The van der Waals surface area contributed by atoms with Gasteiger partial charge in [0.05, 0.1) is 6.20 Å². The van der Waals surface area contributed by atoms with Gasteiger partial charge in [0.2, 0.25) is 5.82 Å². The number of carbonyl (C=O) groups excluding carboxylic acids is 1. The average Bonchev–Trinajstić information content (AvgIpc) is 3.33. The monoisotopic (exact) mass is 337 g/mol. The molecule has 128 valence electrons. The van der Waals surface area contributed by atoms with Gasteiger partial charge in [-0.25, -0.2) is 0 Å². The van der Waals surface area contributed by atoms with E-state index in [4.69, 9.17) is 0 Å². The molecule has 1 aromatic carbocycles. The number of tetrazole rings is 1. The van der Waals surface area contributed by atoms with Crippen LogP contribution in [-0.4, -0.2) is 54.3 Å². The third kappa shape index (κ3) is 3.15. The molecule has 0 spiro atoms. The largest absolute Gasteiger partial charge is 0.339 e. The number of aromatic nitrogens is 6. The summed E-state index contributed by atoms with van der Waals surface area (Å²) in [6, 6.07) is 7.34. The molecule has 0 aliphatic carbocycles. The number of hydrogen-bond acceptors (Lipinski definition) is 5. The summed E-state index contributed by atoms with van der Waals surface area (Å²) in [5, 5.41) is 18.1. The first-order valence-electron chi connectivity index (χ1n) is 8.32. The van der Waals surface area contributed by atoms with Gasteiger partial charge >= 0.3 is 0 Å². The normalized spacial score (nSPS) is 15.5. The highest BCUT2D eigenvalue weighted by Crippen LogP contribution is 2.28. The van der Waals surface area contributed by atoms with E-state index in [1.807, 2.05) is 47.1 Å². The number of nitrogens with one attached hydrogen (secondary N) is 1. The lowest BCUT2D eigenvalue weighted by atomic mass is 9.91. The quantitative estimate of drug-likeness (QED) is 0.784. The van der Waals surface area contributed by atoms with Crippen LogP contribution in [-0.2, 0) is 7.05 Å². The zero-order chi connectivity index (χ0) is 17.2. The highest BCUT2D eigenvalue weighted by Gasteiger charge is 2.25. The second-order valence-electron chi connectivity index (χ2n) is 6.33. The second-order valence-corrected chi connectivity index (χ2v) is 6.33. The lowest BCUT2D eigenvalue weighted by molar-refractivity contribution is 0.0713. The molecule has 0 atom stereocenters. The van der Waals surface area contributed by atoms with Crippen LogP contribution in [0.15, 0.2) is 36.7 Å². The zero-order valence-corrected chi connectivity index (χ0v) is 14.0. The molecule has 0 saturated carbocycles. The van der Waals surface area contributed by atoms with Crippen molar-refractivity contribution in [1.82, 2.24) is 35.3 Å². The highest BCUT2D eigenvalue weighted by atomic mass is 16.2. The number of carbonyl (C=O) groups is 1. The summed E-state index contributed by atoms with van der Waals surface area (Å²) in [5.74, 6) is 1.08. The van der Waals surface area contributed by atoms with E-state index < -0.39 is 0 Å². The molecule has 1 saturated heterocycles. The predicted octanol–water partition coefficient (Wildman–Crippen LogP) is 1.62. The van der Waals surface area contributed by atoms with Crippen LogP contribution in [0.3, 0.4) is 0 Å². The Morgan fingerprint density at radius 1 is 1.20 bits per heavy atom. The lowest BCUT2D eigenvalue weighted by Crippen LogP contribution is -2.37. The third-order valence-electron chi connectivity index (χ3n) is 4.71. The lowest BCUT2D eigenvalue weighted by Gasteiger charge is -2.31. The molecule has 1 fully saturated rings. The van der Waals surface area contributed by atoms with Crippen molar-refractivity contribution in [2.45, 2.75) is 18.8 Å². The van der Waals surface area contributed by atoms with Gasteiger partial charge in [-0.2, -0.15) is 10.3 Å². The van der Waals surface area contributed by atoms with Crippen molar-refractivity contribution in [3.8, 4) is 11.4 Å². The summed E-state index contributed by atoms with van der Waals surface area (Å²) in [7, 11) is 1.93. The van der Waals surface area contributed by atoms with Crippen molar-refractivity contribution in [3.63, 3.8) is 0 Å². The summed E-state index contributed by atoms with van der Waals surface area (Å²) in [4.78, 5) is 14.6. The first kappa shape index (κ1) is 15.5. The van der Waals surface area contributed by atoms with Crippen LogP contribution < -0.4 is 0 Å². The number of nitrogens with zero attached hydrogens (tertiary/aromatic N) is 6. The topological polar surface area (TPSA) is 92.6 Å². The van der Waals surface area contributed by atoms with Crippen LogP contribution in [0.4, 0.5) is 0 Å². The highest BCUT2D eigenvalue weighted by molar-refractivity contribution is 5.94. The minimum Gasteiger partial charge on any atom is -0.339 e. The van der Waals surface area contributed by atoms with Crippen molar-refractivity contribution in [2.24, 2.45) is 7.05 Å². The average molecular weight is 337 g/mol. The Balaban J connectivity index is 1.40. The van der Waals surface area contributed by atoms with Gasteiger partial charge in [-0.05, 0) is 41.7 Å². The molecule has 0 radical (unpaired) electrons. The van der Waals surface area contributed by atoms with E-state index in [9.17, 15) is 4.79 Å². The summed E-state index contributed by atoms with van der Waals surface area (Å²) >= 11 is 0. The first-order chi connectivity index (χ1) is 12.2. The molecule has 2 aromatic heterocycles. The van der Waals surface area contributed by atoms with Crippen LogP contribution in [0.5, 0.6) is 0 Å². The van der Waals surface area contributed by atoms with Gasteiger partial charge in [-0.3, -0.25) is 9.48 Å². The fraction of sp³-hybridized carbons (Fsp3) is 0.353. The molecule has 1 aliphatic rings. The SMILES string of the molecule is Cn1cc(C2CCN(C(=O)c3ccc(-c4nn[nH]n4)cc3)CC2)cn1. The molecule has 1 N–H and O–H groups in total.